The zero-order valence-electron chi connectivity index (χ0n) is 22.1. The standard InChI is InChI=1S/C29H37NO7/c1-5-8-18-37-23-15-12-21(19-24(23)36-7-3)26-25(28(32)29(33)30(26)16-9-17-34-4)27(31)20-10-13-22(14-11-20)35-6-2/h10-15,19,26,31H,5-9,16-18H2,1-4H3. The van der Waals surface area contributed by atoms with Gasteiger partial charge in [-0.2, -0.15) is 0 Å². The second-order valence-corrected chi connectivity index (χ2v) is 8.64. The van der Waals surface area contributed by atoms with E-state index in [0.717, 1.165) is 12.8 Å². The lowest BCUT2D eigenvalue weighted by molar-refractivity contribution is -0.140. The Labute approximate surface area is 218 Å². The quantitative estimate of drug-likeness (QED) is 0.163. The number of nitrogens with zero attached hydrogens (tertiary/aromatic N) is 1. The Morgan fingerprint density at radius 1 is 0.892 bits per heavy atom. The van der Waals surface area contributed by atoms with E-state index in [1.165, 1.54) is 4.90 Å². The third-order valence-corrected chi connectivity index (χ3v) is 6.06. The number of hydrogen-bond donors (Lipinski definition) is 1. The van der Waals surface area contributed by atoms with Crippen molar-refractivity contribution in [3.05, 3.63) is 59.2 Å². The molecule has 1 saturated heterocycles. The van der Waals surface area contributed by atoms with Gasteiger partial charge in [-0.1, -0.05) is 19.4 Å². The van der Waals surface area contributed by atoms with Gasteiger partial charge in [0.2, 0.25) is 0 Å². The van der Waals surface area contributed by atoms with E-state index in [0.29, 0.717) is 67.8 Å². The van der Waals surface area contributed by atoms with Crippen molar-refractivity contribution in [1.29, 1.82) is 0 Å². The molecule has 1 unspecified atom stereocenters. The molecule has 1 atom stereocenters. The maximum atomic E-state index is 13.2. The number of unbranched alkanes of at least 4 members (excludes halogenated alkanes) is 1. The Balaban J connectivity index is 2.08. The molecule has 0 saturated carbocycles. The monoisotopic (exact) mass is 511 g/mol. The highest BCUT2D eigenvalue weighted by Gasteiger charge is 2.46. The summed E-state index contributed by atoms with van der Waals surface area (Å²) < 4.78 is 22.4. The molecule has 200 valence electrons. The number of methoxy groups -OCH3 is 1. The van der Waals surface area contributed by atoms with E-state index >= 15 is 0 Å². The van der Waals surface area contributed by atoms with Crippen molar-refractivity contribution in [1.82, 2.24) is 4.90 Å². The Hall–Kier alpha value is -3.52. The topological polar surface area (TPSA) is 94.5 Å². The minimum absolute atomic E-state index is 0.0358. The van der Waals surface area contributed by atoms with Gasteiger partial charge < -0.3 is 29.0 Å². The van der Waals surface area contributed by atoms with Crippen LogP contribution in [-0.4, -0.2) is 61.8 Å². The van der Waals surface area contributed by atoms with E-state index in [4.69, 9.17) is 18.9 Å². The maximum absolute atomic E-state index is 13.2. The zero-order chi connectivity index (χ0) is 26.8. The first kappa shape index (κ1) is 28.1. The minimum Gasteiger partial charge on any atom is -0.507 e. The summed E-state index contributed by atoms with van der Waals surface area (Å²) in [5.41, 5.74) is 1.11. The molecule has 0 bridgehead atoms. The van der Waals surface area contributed by atoms with E-state index in [1.54, 1.807) is 43.5 Å². The van der Waals surface area contributed by atoms with Crippen LogP contribution in [0, 0.1) is 0 Å². The predicted octanol–water partition coefficient (Wildman–Crippen LogP) is 5.12. The number of ketones is 1. The van der Waals surface area contributed by atoms with E-state index in [-0.39, 0.29) is 11.3 Å². The van der Waals surface area contributed by atoms with Crippen molar-refractivity contribution in [2.45, 2.75) is 46.1 Å². The van der Waals surface area contributed by atoms with Crippen molar-refractivity contribution in [3.8, 4) is 17.2 Å². The second kappa shape index (κ2) is 13.7. The van der Waals surface area contributed by atoms with Crippen LogP contribution in [0.25, 0.3) is 5.76 Å². The van der Waals surface area contributed by atoms with Gasteiger partial charge in [-0.25, -0.2) is 0 Å². The van der Waals surface area contributed by atoms with Gasteiger partial charge in [0.1, 0.15) is 11.5 Å². The summed E-state index contributed by atoms with van der Waals surface area (Å²) in [6.07, 6.45) is 2.46. The third kappa shape index (κ3) is 6.63. The fraction of sp³-hybridized carbons (Fsp3) is 0.448. The molecule has 1 heterocycles. The smallest absolute Gasteiger partial charge is 0.295 e. The molecule has 2 aromatic carbocycles. The summed E-state index contributed by atoms with van der Waals surface area (Å²) in [6.45, 7) is 8.08. The van der Waals surface area contributed by atoms with Gasteiger partial charge in [-0.3, -0.25) is 9.59 Å². The number of likely N-dealkylation sites (tertiary alicyclic amines) is 1. The summed E-state index contributed by atoms with van der Waals surface area (Å²) in [4.78, 5) is 27.9. The van der Waals surface area contributed by atoms with Gasteiger partial charge in [0.05, 0.1) is 31.4 Å². The van der Waals surface area contributed by atoms with Crippen LogP contribution in [0.2, 0.25) is 0 Å². The molecule has 1 aliphatic heterocycles. The SMILES string of the molecule is CCCCOc1ccc(C2C(=C(O)c3ccc(OCC)cc3)C(=O)C(=O)N2CCCOC)cc1OCC. The minimum atomic E-state index is -0.785. The molecule has 8 nitrogen and oxygen atoms in total. The van der Waals surface area contributed by atoms with E-state index in [9.17, 15) is 14.7 Å². The fourth-order valence-electron chi connectivity index (χ4n) is 4.28. The Morgan fingerprint density at radius 3 is 2.27 bits per heavy atom. The van der Waals surface area contributed by atoms with Crippen molar-refractivity contribution < 1.29 is 33.6 Å². The summed E-state index contributed by atoms with van der Waals surface area (Å²) in [5, 5.41) is 11.3. The highest BCUT2D eigenvalue weighted by Crippen LogP contribution is 2.42. The van der Waals surface area contributed by atoms with Crippen LogP contribution in [0.5, 0.6) is 17.2 Å². The van der Waals surface area contributed by atoms with Crippen LogP contribution in [0.15, 0.2) is 48.0 Å². The van der Waals surface area contributed by atoms with Crippen LogP contribution in [-0.2, 0) is 14.3 Å². The molecule has 0 aromatic heterocycles. The zero-order valence-corrected chi connectivity index (χ0v) is 22.1. The Morgan fingerprint density at radius 2 is 1.62 bits per heavy atom. The number of benzene rings is 2. The molecule has 0 aliphatic carbocycles. The van der Waals surface area contributed by atoms with E-state index in [2.05, 4.69) is 6.92 Å². The molecule has 1 amide bonds. The molecule has 3 rings (SSSR count). The van der Waals surface area contributed by atoms with Gasteiger partial charge in [-0.15, -0.1) is 0 Å². The average Bonchev–Trinajstić information content (AvgIpc) is 3.15. The summed E-state index contributed by atoms with van der Waals surface area (Å²) in [5.74, 6) is 0.156. The molecular weight excluding hydrogens is 474 g/mol. The lowest BCUT2D eigenvalue weighted by atomic mass is 9.95. The first-order valence-electron chi connectivity index (χ1n) is 12.9. The van der Waals surface area contributed by atoms with Crippen LogP contribution in [0.3, 0.4) is 0 Å². The number of carbonyl (C=O) groups excluding carboxylic acids is 2. The molecule has 0 spiro atoms. The first-order valence-corrected chi connectivity index (χ1v) is 12.9. The lowest BCUT2D eigenvalue weighted by Gasteiger charge is -2.26. The summed E-state index contributed by atoms with van der Waals surface area (Å²) in [6, 6.07) is 11.4. The molecule has 1 N–H and O–H groups in total. The third-order valence-electron chi connectivity index (χ3n) is 6.06. The van der Waals surface area contributed by atoms with Crippen molar-refractivity contribution in [3.63, 3.8) is 0 Å². The number of Topliss-reactive ketones (excluding diaryl/α,β-unsaturated/α-hetero) is 1. The van der Waals surface area contributed by atoms with Crippen LogP contribution < -0.4 is 14.2 Å². The number of ether oxygens (including phenoxy) is 4. The molecule has 0 radical (unpaired) electrons. The molecule has 1 aliphatic rings. The van der Waals surface area contributed by atoms with E-state index in [1.807, 2.05) is 19.9 Å². The van der Waals surface area contributed by atoms with Crippen molar-refractivity contribution in [2.24, 2.45) is 0 Å². The highest BCUT2D eigenvalue weighted by molar-refractivity contribution is 6.46. The van der Waals surface area contributed by atoms with Crippen molar-refractivity contribution >= 4 is 17.4 Å². The van der Waals surface area contributed by atoms with Crippen molar-refractivity contribution in [2.75, 3.05) is 40.1 Å². The fourth-order valence-corrected chi connectivity index (χ4v) is 4.28. The average molecular weight is 512 g/mol. The molecular formula is C29H37NO7. The van der Waals surface area contributed by atoms with Crippen LogP contribution in [0.1, 0.15) is 57.2 Å². The molecule has 2 aromatic rings. The number of hydrogen-bond acceptors (Lipinski definition) is 7. The molecule has 8 heteroatoms. The Bertz CT molecular complexity index is 1090. The largest absolute Gasteiger partial charge is 0.507 e. The first-order chi connectivity index (χ1) is 18.0. The second-order valence-electron chi connectivity index (χ2n) is 8.64. The number of aliphatic hydroxyl groups excluding tert-OH is 1. The normalized spacial score (nSPS) is 16.8. The summed E-state index contributed by atoms with van der Waals surface area (Å²) >= 11 is 0. The number of aliphatic hydroxyl groups is 1. The van der Waals surface area contributed by atoms with Gasteiger partial charge in [0, 0.05) is 25.8 Å². The molecule has 1 fully saturated rings. The number of amides is 1. The van der Waals surface area contributed by atoms with Crippen LogP contribution >= 0.6 is 0 Å². The van der Waals surface area contributed by atoms with Gasteiger partial charge in [0.25, 0.3) is 11.7 Å². The number of carbonyl (C=O) groups is 2. The molecule has 37 heavy (non-hydrogen) atoms. The van der Waals surface area contributed by atoms with Gasteiger partial charge in [0.15, 0.2) is 11.5 Å². The lowest BCUT2D eigenvalue weighted by Crippen LogP contribution is -2.31. The highest BCUT2D eigenvalue weighted by atomic mass is 16.5. The summed E-state index contributed by atoms with van der Waals surface area (Å²) in [7, 11) is 1.59. The maximum Gasteiger partial charge on any atom is 0.295 e. The van der Waals surface area contributed by atoms with Gasteiger partial charge >= 0.3 is 0 Å². The van der Waals surface area contributed by atoms with E-state index < -0.39 is 17.7 Å². The van der Waals surface area contributed by atoms with Crippen LogP contribution in [0.4, 0.5) is 0 Å². The number of rotatable bonds is 14. The predicted molar refractivity (Wildman–Crippen MR) is 141 cm³/mol. The van der Waals surface area contributed by atoms with Gasteiger partial charge in [-0.05, 0) is 68.7 Å². The Kier molecular flexibility index (Phi) is 10.4.